The van der Waals surface area contributed by atoms with Gasteiger partial charge in [-0.25, -0.2) is 4.79 Å². The third-order valence-corrected chi connectivity index (χ3v) is 2.77. The quantitative estimate of drug-likeness (QED) is 0.543. The van der Waals surface area contributed by atoms with Crippen LogP contribution in [0.3, 0.4) is 0 Å². The molecule has 0 aliphatic rings. The maximum Gasteiger partial charge on any atom is 0.328 e. The Bertz CT molecular complexity index is 290. The summed E-state index contributed by atoms with van der Waals surface area (Å²) in [5.41, 5.74) is 0. The summed E-state index contributed by atoms with van der Waals surface area (Å²) in [4.78, 5) is 23.3. The van der Waals surface area contributed by atoms with Crippen LogP contribution in [0.4, 0.5) is 0 Å². The highest BCUT2D eigenvalue weighted by atomic mass is 32.2. The number of carbonyl (C=O) groups excluding carboxylic acids is 2. The molecule has 0 aromatic rings. The minimum atomic E-state index is -0.554. The van der Waals surface area contributed by atoms with Gasteiger partial charge in [-0.2, -0.15) is 11.8 Å². The molecule has 0 fully saturated rings. The van der Waals surface area contributed by atoms with Crippen molar-refractivity contribution in [2.45, 2.75) is 33.2 Å². The highest BCUT2D eigenvalue weighted by Gasteiger charge is 2.20. The Hall–Kier alpha value is -0.970. The predicted molar refractivity (Wildman–Crippen MR) is 75.5 cm³/mol. The molecule has 0 aromatic carbocycles. The van der Waals surface area contributed by atoms with E-state index in [9.17, 15) is 9.59 Å². The van der Waals surface area contributed by atoms with Crippen LogP contribution in [-0.2, 0) is 14.3 Å². The zero-order valence-corrected chi connectivity index (χ0v) is 12.4. The Morgan fingerprint density at radius 3 is 2.56 bits per heavy atom. The molecule has 0 radical (unpaired) electrons. The van der Waals surface area contributed by atoms with Gasteiger partial charge in [-0.3, -0.25) is 4.79 Å². The summed E-state index contributed by atoms with van der Waals surface area (Å²) >= 11 is 1.63. The number of rotatable bonds is 8. The monoisotopic (exact) mass is 273 g/mol. The normalized spacial score (nSPS) is 12.7. The highest BCUT2D eigenvalue weighted by Crippen LogP contribution is 2.03. The van der Waals surface area contributed by atoms with E-state index in [1.54, 1.807) is 24.8 Å². The fraction of sp³-hybridized carbons (Fsp3) is 0.692. The van der Waals surface area contributed by atoms with Gasteiger partial charge >= 0.3 is 5.97 Å². The third kappa shape index (κ3) is 8.17. The molecule has 0 aliphatic carbocycles. The second-order valence-corrected chi connectivity index (χ2v) is 5.18. The summed E-state index contributed by atoms with van der Waals surface area (Å²) < 4.78 is 4.94. The van der Waals surface area contributed by atoms with E-state index in [2.05, 4.69) is 5.32 Å². The lowest BCUT2D eigenvalue weighted by Crippen LogP contribution is -2.41. The lowest BCUT2D eigenvalue weighted by Gasteiger charge is -2.15. The lowest BCUT2D eigenvalue weighted by molar-refractivity contribution is -0.147. The maximum atomic E-state index is 11.7. The van der Waals surface area contributed by atoms with Crippen molar-refractivity contribution in [3.8, 4) is 0 Å². The van der Waals surface area contributed by atoms with E-state index in [1.807, 2.05) is 20.1 Å². The van der Waals surface area contributed by atoms with E-state index < -0.39 is 6.04 Å². The molecule has 0 bridgehead atoms. The van der Waals surface area contributed by atoms with Crippen LogP contribution in [0.1, 0.15) is 27.2 Å². The Morgan fingerprint density at radius 2 is 2.06 bits per heavy atom. The van der Waals surface area contributed by atoms with Crippen LogP contribution in [-0.4, -0.2) is 36.5 Å². The summed E-state index contributed by atoms with van der Waals surface area (Å²) in [6, 6.07) is -0.554. The molecule has 0 spiro atoms. The second-order valence-electron chi connectivity index (χ2n) is 4.20. The number of ether oxygens (including phenoxy) is 1. The van der Waals surface area contributed by atoms with Gasteiger partial charge in [0.2, 0.25) is 5.91 Å². The molecule has 0 saturated carbocycles. The number of nitrogens with one attached hydrogen (secondary N) is 1. The molecule has 1 atom stereocenters. The van der Waals surface area contributed by atoms with Gasteiger partial charge in [-0.05, 0) is 37.3 Å². The van der Waals surface area contributed by atoms with E-state index in [0.717, 1.165) is 5.75 Å². The largest absolute Gasteiger partial charge is 0.464 e. The number of amides is 1. The first kappa shape index (κ1) is 17.0. The number of thioether (sulfide) groups is 1. The number of esters is 1. The van der Waals surface area contributed by atoms with Gasteiger partial charge in [0.05, 0.1) is 6.61 Å². The summed E-state index contributed by atoms with van der Waals surface area (Å²) in [5, 5.41) is 2.68. The zero-order chi connectivity index (χ0) is 14.0. The summed E-state index contributed by atoms with van der Waals surface area (Å²) in [6.07, 6.45) is 5.81. The number of hydrogen-bond donors (Lipinski definition) is 1. The van der Waals surface area contributed by atoms with Gasteiger partial charge in [0.25, 0.3) is 0 Å². The van der Waals surface area contributed by atoms with E-state index in [4.69, 9.17) is 4.74 Å². The molecule has 1 amide bonds. The van der Waals surface area contributed by atoms with Gasteiger partial charge in [0, 0.05) is 0 Å². The molecular formula is C13H23NO3S. The van der Waals surface area contributed by atoms with Crippen LogP contribution < -0.4 is 5.32 Å². The van der Waals surface area contributed by atoms with E-state index in [1.165, 1.54) is 6.08 Å². The van der Waals surface area contributed by atoms with Crippen molar-refractivity contribution < 1.29 is 14.3 Å². The molecule has 5 heteroatoms. The number of hydrogen-bond acceptors (Lipinski definition) is 4. The van der Waals surface area contributed by atoms with Gasteiger partial charge in [-0.1, -0.05) is 19.9 Å². The summed E-state index contributed by atoms with van der Waals surface area (Å²) in [7, 11) is 0. The van der Waals surface area contributed by atoms with Crippen LogP contribution in [0.25, 0.3) is 0 Å². The number of carbonyl (C=O) groups is 2. The minimum absolute atomic E-state index is 0.247. The van der Waals surface area contributed by atoms with Gasteiger partial charge < -0.3 is 10.1 Å². The smallest absolute Gasteiger partial charge is 0.328 e. The van der Waals surface area contributed by atoms with Crippen molar-refractivity contribution in [1.82, 2.24) is 5.32 Å². The van der Waals surface area contributed by atoms with Crippen molar-refractivity contribution in [2.24, 2.45) is 5.92 Å². The van der Waals surface area contributed by atoms with E-state index >= 15 is 0 Å². The summed E-state index contributed by atoms with van der Waals surface area (Å²) in [6.45, 7) is 6.05. The van der Waals surface area contributed by atoms with Crippen molar-refractivity contribution in [3.05, 3.63) is 12.2 Å². The SMILES string of the molecule is CCOC(=O)[C@H](CCSC)NC(=O)/C=C/C(C)C. The van der Waals surface area contributed by atoms with Crippen LogP contribution in [0, 0.1) is 5.92 Å². The molecular weight excluding hydrogens is 250 g/mol. The van der Waals surface area contributed by atoms with Gasteiger partial charge in [0.15, 0.2) is 0 Å². The Kier molecular flexibility index (Phi) is 9.46. The lowest BCUT2D eigenvalue weighted by atomic mass is 10.2. The fourth-order valence-electron chi connectivity index (χ4n) is 1.23. The topological polar surface area (TPSA) is 55.4 Å². The number of allylic oxidation sites excluding steroid dienone is 1. The maximum absolute atomic E-state index is 11.7. The van der Waals surface area contributed by atoms with E-state index in [0.29, 0.717) is 18.9 Å². The first-order chi connectivity index (χ1) is 8.51. The van der Waals surface area contributed by atoms with Crippen molar-refractivity contribution in [1.29, 1.82) is 0 Å². The standard InChI is InChI=1S/C13H23NO3S/c1-5-17-13(16)11(8-9-18-4)14-12(15)7-6-10(2)3/h6-7,10-11H,5,8-9H2,1-4H3,(H,14,15)/b7-6+/t11-/m0/s1. The van der Waals surface area contributed by atoms with Crippen LogP contribution in [0.5, 0.6) is 0 Å². The third-order valence-electron chi connectivity index (χ3n) is 2.13. The molecule has 0 aliphatic heterocycles. The van der Waals surface area contributed by atoms with E-state index in [-0.39, 0.29) is 11.9 Å². The molecule has 0 aromatic heterocycles. The van der Waals surface area contributed by atoms with Crippen molar-refractivity contribution >= 4 is 23.6 Å². The molecule has 4 nitrogen and oxygen atoms in total. The van der Waals surface area contributed by atoms with Crippen molar-refractivity contribution in [3.63, 3.8) is 0 Å². The molecule has 0 rings (SSSR count). The molecule has 0 unspecified atom stereocenters. The average Bonchev–Trinajstić information content (AvgIpc) is 2.32. The van der Waals surface area contributed by atoms with Gasteiger partial charge in [0.1, 0.15) is 6.04 Å². The minimum Gasteiger partial charge on any atom is -0.464 e. The molecule has 1 N–H and O–H groups in total. The average molecular weight is 273 g/mol. The fourth-order valence-corrected chi connectivity index (χ4v) is 1.70. The molecule has 18 heavy (non-hydrogen) atoms. The first-order valence-corrected chi connectivity index (χ1v) is 7.54. The van der Waals surface area contributed by atoms with Crippen molar-refractivity contribution in [2.75, 3.05) is 18.6 Å². The van der Waals surface area contributed by atoms with Crippen LogP contribution >= 0.6 is 11.8 Å². The first-order valence-electron chi connectivity index (χ1n) is 6.15. The molecule has 0 heterocycles. The molecule has 0 saturated heterocycles. The Morgan fingerprint density at radius 1 is 1.39 bits per heavy atom. The molecule has 104 valence electrons. The second kappa shape index (κ2) is 10.00. The Labute approximate surface area is 114 Å². The highest BCUT2D eigenvalue weighted by molar-refractivity contribution is 7.98. The Balaban J connectivity index is 4.38. The van der Waals surface area contributed by atoms with Crippen LogP contribution in [0.15, 0.2) is 12.2 Å². The van der Waals surface area contributed by atoms with Gasteiger partial charge in [-0.15, -0.1) is 0 Å². The van der Waals surface area contributed by atoms with Crippen LogP contribution in [0.2, 0.25) is 0 Å². The zero-order valence-electron chi connectivity index (χ0n) is 11.6. The summed E-state index contributed by atoms with van der Waals surface area (Å²) in [5.74, 6) is 0.501. The predicted octanol–water partition coefficient (Wildman–Crippen LogP) is 2.00.